The van der Waals surface area contributed by atoms with Crippen molar-refractivity contribution in [2.75, 3.05) is 46.0 Å². The van der Waals surface area contributed by atoms with Crippen molar-refractivity contribution in [3.8, 4) is 0 Å². The van der Waals surface area contributed by atoms with Crippen LogP contribution < -0.4 is 0 Å². The van der Waals surface area contributed by atoms with Gasteiger partial charge in [0.25, 0.3) is 0 Å². The van der Waals surface area contributed by atoms with Crippen LogP contribution in [-0.2, 0) is 9.47 Å². The minimum Gasteiger partial charge on any atom is -0.465 e. The largest absolute Gasteiger partial charge is 0.465 e. The molecule has 1 N–H and O–H groups in total. The van der Waals surface area contributed by atoms with E-state index < -0.39 is 6.09 Å². The molecule has 0 radical (unpaired) electrons. The second-order valence-corrected chi connectivity index (χ2v) is 9.46. The molecule has 1 amide bonds. The van der Waals surface area contributed by atoms with Crippen molar-refractivity contribution in [2.45, 2.75) is 55.6 Å². The van der Waals surface area contributed by atoms with Crippen molar-refractivity contribution >= 4 is 6.09 Å². The van der Waals surface area contributed by atoms with E-state index in [1.54, 1.807) is 12.1 Å². The number of halogens is 1. The Kier molecular flexibility index (Phi) is 5.45. The molecule has 1 aromatic rings. The van der Waals surface area contributed by atoms with Gasteiger partial charge in [-0.2, -0.15) is 0 Å². The van der Waals surface area contributed by atoms with Crippen molar-refractivity contribution in [3.63, 3.8) is 0 Å². The van der Waals surface area contributed by atoms with Crippen LogP contribution in [0.25, 0.3) is 0 Å². The van der Waals surface area contributed by atoms with Gasteiger partial charge in [0.05, 0.1) is 19.7 Å². The monoisotopic (exact) mass is 418 g/mol. The Morgan fingerprint density at radius 3 is 2.47 bits per heavy atom. The lowest BCUT2D eigenvalue weighted by Gasteiger charge is -2.45. The third kappa shape index (κ3) is 3.83. The second-order valence-electron chi connectivity index (χ2n) is 9.46. The fraction of sp³-hybridized carbons (Fsp3) is 0.696. The van der Waals surface area contributed by atoms with Crippen LogP contribution >= 0.6 is 0 Å². The van der Waals surface area contributed by atoms with E-state index in [-0.39, 0.29) is 11.4 Å². The second kappa shape index (κ2) is 8.09. The number of likely N-dealkylation sites (tertiary alicyclic amines) is 2. The van der Waals surface area contributed by atoms with Crippen LogP contribution in [-0.4, -0.2) is 78.6 Å². The molecule has 4 fully saturated rings. The van der Waals surface area contributed by atoms with Crippen molar-refractivity contribution in [1.29, 1.82) is 0 Å². The molecule has 1 aromatic carbocycles. The highest BCUT2D eigenvalue weighted by Gasteiger charge is 2.52. The zero-order valence-electron chi connectivity index (χ0n) is 17.4. The number of carbonyl (C=O) groups is 1. The quantitative estimate of drug-likeness (QED) is 0.815. The zero-order valence-corrected chi connectivity index (χ0v) is 17.4. The van der Waals surface area contributed by atoms with Gasteiger partial charge < -0.3 is 19.5 Å². The zero-order chi connectivity index (χ0) is 20.7. The highest BCUT2D eigenvalue weighted by Crippen LogP contribution is 2.41. The minimum atomic E-state index is -0.857. The summed E-state index contributed by atoms with van der Waals surface area (Å²) in [7, 11) is 0. The van der Waals surface area contributed by atoms with Gasteiger partial charge in [0.2, 0.25) is 0 Å². The maximum Gasteiger partial charge on any atom is 0.407 e. The number of nitrogens with zero attached hydrogens (tertiary/aromatic N) is 2. The van der Waals surface area contributed by atoms with Gasteiger partial charge in [-0.1, -0.05) is 6.07 Å². The molecule has 1 atom stereocenters. The van der Waals surface area contributed by atoms with Crippen molar-refractivity contribution in [3.05, 3.63) is 35.1 Å². The minimum absolute atomic E-state index is 0.137. The number of benzene rings is 1. The lowest BCUT2D eigenvalue weighted by atomic mass is 9.80. The van der Waals surface area contributed by atoms with E-state index in [0.717, 1.165) is 58.4 Å². The Morgan fingerprint density at radius 2 is 1.77 bits per heavy atom. The van der Waals surface area contributed by atoms with Crippen molar-refractivity contribution in [1.82, 2.24) is 9.80 Å². The summed E-state index contributed by atoms with van der Waals surface area (Å²) >= 11 is 0. The summed E-state index contributed by atoms with van der Waals surface area (Å²) in [4.78, 5) is 15.0. The first kappa shape index (κ1) is 20.2. The molecule has 30 heavy (non-hydrogen) atoms. The van der Waals surface area contributed by atoms with Gasteiger partial charge in [-0.25, -0.2) is 9.18 Å². The van der Waals surface area contributed by atoms with Gasteiger partial charge in [0.1, 0.15) is 11.4 Å². The van der Waals surface area contributed by atoms with Crippen molar-refractivity contribution in [2.24, 2.45) is 0 Å². The Hall–Kier alpha value is -1.70. The third-order valence-electron chi connectivity index (χ3n) is 7.61. The van der Waals surface area contributed by atoms with Crippen LogP contribution in [0.5, 0.6) is 0 Å². The number of carboxylic acid groups (broad SMARTS) is 1. The summed E-state index contributed by atoms with van der Waals surface area (Å²) in [5.41, 5.74) is 2.26. The van der Waals surface area contributed by atoms with Gasteiger partial charge in [-0.3, -0.25) is 4.90 Å². The normalized spacial score (nSPS) is 28.0. The number of piperidine rings is 1. The molecule has 0 aliphatic carbocycles. The molecule has 1 unspecified atom stereocenters. The molecule has 7 heteroatoms. The SMILES string of the molecule is O=C(O)N1CC2(CC(N3CCC(c4cc(F)ccc4C4CCOCC4)CC3)CO2)C1. The summed E-state index contributed by atoms with van der Waals surface area (Å²) in [6, 6.07) is 5.75. The first-order valence-electron chi connectivity index (χ1n) is 11.3. The third-order valence-corrected chi connectivity index (χ3v) is 7.61. The molecule has 6 nitrogen and oxygen atoms in total. The molecule has 0 aromatic heterocycles. The van der Waals surface area contributed by atoms with Crippen LogP contribution in [0.4, 0.5) is 9.18 Å². The average molecular weight is 419 g/mol. The molecule has 0 bridgehead atoms. The topological polar surface area (TPSA) is 62.2 Å². The molecule has 4 aliphatic rings. The van der Waals surface area contributed by atoms with Crippen LogP contribution in [0, 0.1) is 5.82 Å². The Morgan fingerprint density at radius 1 is 1.07 bits per heavy atom. The first-order chi connectivity index (χ1) is 14.5. The predicted octanol–water partition coefficient (Wildman–Crippen LogP) is 3.42. The number of hydrogen-bond donors (Lipinski definition) is 1. The van der Waals surface area contributed by atoms with E-state index in [4.69, 9.17) is 14.6 Å². The molecular weight excluding hydrogens is 387 g/mol. The maximum atomic E-state index is 14.1. The summed E-state index contributed by atoms with van der Waals surface area (Å²) in [5, 5.41) is 9.09. The molecule has 164 valence electrons. The Balaban J connectivity index is 1.21. The smallest absolute Gasteiger partial charge is 0.407 e. The number of amides is 1. The molecule has 1 spiro atoms. The van der Waals surface area contributed by atoms with E-state index in [1.807, 2.05) is 6.07 Å². The molecule has 4 aliphatic heterocycles. The molecular formula is C23H31FN2O4. The summed E-state index contributed by atoms with van der Waals surface area (Å²) in [6.45, 7) is 5.24. The lowest BCUT2D eigenvalue weighted by Crippen LogP contribution is -2.63. The Labute approximate surface area is 176 Å². The van der Waals surface area contributed by atoms with Crippen LogP contribution in [0.2, 0.25) is 0 Å². The first-order valence-corrected chi connectivity index (χ1v) is 11.3. The van der Waals surface area contributed by atoms with Crippen LogP contribution in [0.1, 0.15) is 55.1 Å². The molecule has 4 heterocycles. The van der Waals surface area contributed by atoms with Gasteiger partial charge in [0.15, 0.2) is 0 Å². The molecule has 4 saturated heterocycles. The van der Waals surface area contributed by atoms with Gasteiger partial charge >= 0.3 is 6.09 Å². The Bertz CT molecular complexity index is 783. The maximum absolute atomic E-state index is 14.1. The van der Waals surface area contributed by atoms with Gasteiger partial charge in [0, 0.05) is 19.3 Å². The van der Waals surface area contributed by atoms with Gasteiger partial charge in [-0.05, 0) is 80.3 Å². The fourth-order valence-corrected chi connectivity index (χ4v) is 5.91. The molecule has 5 rings (SSSR count). The average Bonchev–Trinajstić information content (AvgIpc) is 3.19. The van der Waals surface area contributed by atoms with E-state index >= 15 is 0 Å². The van der Waals surface area contributed by atoms with E-state index in [1.165, 1.54) is 16.0 Å². The predicted molar refractivity (Wildman–Crippen MR) is 109 cm³/mol. The van der Waals surface area contributed by atoms with Crippen LogP contribution in [0.15, 0.2) is 18.2 Å². The van der Waals surface area contributed by atoms with Crippen molar-refractivity contribution < 1.29 is 23.8 Å². The summed E-state index contributed by atoms with van der Waals surface area (Å²) in [6.07, 6.45) is 4.16. The number of hydrogen-bond acceptors (Lipinski definition) is 4. The highest BCUT2D eigenvalue weighted by molar-refractivity contribution is 5.66. The fourth-order valence-electron chi connectivity index (χ4n) is 5.91. The van der Waals surface area contributed by atoms with Gasteiger partial charge in [-0.15, -0.1) is 0 Å². The lowest BCUT2D eigenvalue weighted by molar-refractivity contribution is -0.0982. The molecule has 0 saturated carbocycles. The summed E-state index contributed by atoms with van der Waals surface area (Å²) < 4.78 is 25.7. The summed E-state index contributed by atoms with van der Waals surface area (Å²) in [5.74, 6) is 0.742. The van der Waals surface area contributed by atoms with E-state index in [9.17, 15) is 9.18 Å². The van der Waals surface area contributed by atoms with E-state index in [2.05, 4.69) is 4.90 Å². The number of ether oxygens (including phenoxy) is 2. The van der Waals surface area contributed by atoms with Crippen LogP contribution in [0.3, 0.4) is 0 Å². The highest BCUT2D eigenvalue weighted by atomic mass is 19.1. The standard InChI is InChI=1S/C23H31FN2O4/c24-18-1-2-20(17-5-9-29-10-6-17)21(11-18)16-3-7-25(8-4-16)19-12-23(30-13-19)14-26(15-23)22(27)28/h1-2,11,16-17,19H,3-10,12-15H2,(H,27,28). The van der Waals surface area contributed by atoms with E-state index in [0.29, 0.717) is 37.6 Å². The number of rotatable bonds is 3.